The maximum atomic E-state index is 12.3. The maximum Gasteiger partial charge on any atom is 0.195 e. The third-order valence-electron chi connectivity index (χ3n) is 3.03. The number of carbonyl (C=O) groups is 1. The van der Waals surface area contributed by atoms with Crippen molar-refractivity contribution >= 4 is 27.0 Å². The minimum Gasteiger partial charge on any atom is -0.289 e. The van der Waals surface area contributed by atoms with Crippen molar-refractivity contribution in [2.45, 2.75) is 17.6 Å². The van der Waals surface area contributed by atoms with Gasteiger partial charge in [0.25, 0.3) is 0 Å². The Morgan fingerprint density at radius 1 is 1.17 bits per heavy atom. The van der Waals surface area contributed by atoms with Crippen molar-refractivity contribution < 1.29 is 13.2 Å². The number of benzene rings is 1. The predicted octanol–water partition coefficient (Wildman–Crippen LogP) is 2.57. The minimum absolute atomic E-state index is 0.0812. The van der Waals surface area contributed by atoms with Crippen LogP contribution in [0, 0.1) is 6.92 Å². The Morgan fingerprint density at radius 2 is 1.94 bits per heavy atom. The fourth-order valence-corrected chi connectivity index (χ4v) is 5.04. The highest BCUT2D eigenvalue weighted by molar-refractivity contribution is 7.91. The van der Waals surface area contributed by atoms with Crippen molar-refractivity contribution in [3.63, 3.8) is 0 Å². The molecule has 0 aliphatic carbocycles. The molecule has 0 amide bonds. The van der Waals surface area contributed by atoms with Gasteiger partial charge in [0.15, 0.2) is 15.6 Å². The molecule has 0 bridgehead atoms. The summed E-state index contributed by atoms with van der Waals surface area (Å²) < 4.78 is 24.6. The van der Waals surface area contributed by atoms with Crippen LogP contribution < -0.4 is 0 Å². The molecule has 92 valence electrons. The second-order valence-electron chi connectivity index (χ2n) is 4.35. The molecule has 2 aromatic rings. The number of aryl methyl sites for hydroxylation is 1. The van der Waals surface area contributed by atoms with Crippen LogP contribution in [0.15, 0.2) is 34.5 Å². The Balaban J connectivity index is 2.39. The van der Waals surface area contributed by atoms with Gasteiger partial charge < -0.3 is 0 Å². The van der Waals surface area contributed by atoms with Crippen LogP contribution in [0.25, 0.3) is 0 Å². The summed E-state index contributed by atoms with van der Waals surface area (Å²) in [6.45, 7) is 1.82. The average molecular weight is 278 g/mol. The van der Waals surface area contributed by atoms with Crippen LogP contribution in [-0.4, -0.2) is 14.2 Å². The van der Waals surface area contributed by atoms with Crippen LogP contribution >= 0.6 is 11.3 Å². The molecule has 1 aliphatic rings. The van der Waals surface area contributed by atoms with Gasteiger partial charge in [0, 0.05) is 16.0 Å². The van der Waals surface area contributed by atoms with Crippen molar-refractivity contribution in [3.8, 4) is 0 Å². The van der Waals surface area contributed by atoms with Crippen LogP contribution in [0.3, 0.4) is 0 Å². The van der Waals surface area contributed by atoms with Gasteiger partial charge in [0.05, 0.1) is 10.6 Å². The highest BCUT2D eigenvalue weighted by atomic mass is 32.2. The first kappa shape index (κ1) is 11.6. The summed E-state index contributed by atoms with van der Waals surface area (Å²) in [4.78, 5) is 13.1. The molecule has 3 rings (SSSR count). The first-order valence-electron chi connectivity index (χ1n) is 5.43. The summed E-state index contributed by atoms with van der Waals surface area (Å²) in [7, 11) is -3.43. The third kappa shape index (κ3) is 1.62. The molecule has 0 N–H and O–H groups in total. The summed E-state index contributed by atoms with van der Waals surface area (Å²) in [6, 6.07) is 6.66. The van der Waals surface area contributed by atoms with Gasteiger partial charge in [-0.05, 0) is 36.1 Å². The summed E-state index contributed by atoms with van der Waals surface area (Å²) >= 11 is 1.32. The zero-order chi connectivity index (χ0) is 12.9. The van der Waals surface area contributed by atoms with Crippen molar-refractivity contribution in [1.82, 2.24) is 0 Å². The molecule has 5 heteroatoms. The Labute approximate surface area is 109 Å². The van der Waals surface area contributed by atoms with E-state index >= 15 is 0 Å². The number of hydrogen-bond acceptors (Lipinski definition) is 4. The first-order chi connectivity index (χ1) is 8.49. The van der Waals surface area contributed by atoms with Gasteiger partial charge in [-0.3, -0.25) is 4.79 Å². The zero-order valence-electron chi connectivity index (χ0n) is 9.64. The van der Waals surface area contributed by atoms with E-state index in [1.54, 1.807) is 29.6 Å². The van der Waals surface area contributed by atoms with E-state index in [1.165, 1.54) is 11.3 Å². The highest BCUT2D eigenvalue weighted by Gasteiger charge is 2.30. The van der Waals surface area contributed by atoms with Crippen molar-refractivity contribution in [3.05, 3.63) is 51.2 Å². The Kier molecular flexibility index (Phi) is 2.43. The van der Waals surface area contributed by atoms with Crippen molar-refractivity contribution in [2.75, 3.05) is 0 Å². The molecule has 0 unspecified atom stereocenters. The smallest absolute Gasteiger partial charge is 0.195 e. The molecule has 0 saturated carbocycles. The number of carbonyl (C=O) groups excluding carboxylic acids is 1. The van der Waals surface area contributed by atoms with Crippen LogP contribution in [0.4, 0.5) is 0 Å². The molecule has 0 atom stereocenters. The van der Waals surface area contributed by atoms with E-state index in [9.17, 15) is 13.2 Å². The molecule has 1 aromatic carbocycles. The summed E-state index contributed by atoms with van der Waals surface area (Å²) in [6.07, 6.45) is 0. The van der Waals surface area contributed by atoms with Crippen LogP contribution in [0.5, 0.6) is 0 Å². The van der Waals surface area contributed by atoms with Crippen molar-refractivity contribution in [2.24, 2.45) is 0 Å². The van der Waals surface area contributed by atoms with E-state index < -0.39 is 9.84 Å². The molecule has 0 radical (unpaired) electrons. The molecular formula is C13H10O3S2. The van der Waals surface area contributed by atoms with E-state index in [4.69, 9.17) is 0 Å². The van der Waals surface area contributed by atoms with E-state index in [0.717, 1.165) is 5.56 Å². The van der Waals surface area contributed by atoms with Gasteiger partial charge >= 0.3 is 0 Å². The van der Waals surface area contributed by atoms with Gasteiger partial charge in [-0.15, -0.1) is 11.3 Å². The molecule has 3 nitrogen and oxygen atoms in total. The van der Waals surface area contributed by atoms with Crippen LogP contribution in [-0.2, 0) is 15.6 Å². The molecule has 0 saturated heterocycles. The van der Waals surface area contributed by atoms with Crippen LogP contribution in [0.2, 0.25) is 0 Å². The van der Waals surface area contributed by atoms with Gasteiger partial charge in [-0.2, -0.15) is 0 Å². The summed E-state index contributed by atoms with van der Waals surface area (Å²) in [5.74, 6) is -0.273. The summed E-state index contributed by atoms with van der Waals surface area (Å²) in [5.41, 5.74) is 1.65. The topological polar surface area (TPSA) is 51.2 Å². The average Bonchev–Trinajstić information content (AvgIpc) is 2.72. The highest BCUT2D eigenvalue weighted by Crippen LogP contribution is 2.32. The fourth-order valence-electron chi connectivity index (χ4n) is 2.12. The first-order valence-corrected chi connectivity index (χ1v) is 7.97. The quantitative estimate of drug-likeness (QED) is 0.744. The lowest BCUT2D eigenvalue weighted by Gasteiger charge is -2.06. The predicted molar refractivity (Wildman–Crippen MR) is 69.8 cm³/mol. The number of rotatable bonds is 0. The number of sulfone groups is 1. The SMILES string of the molecule is Cc1ccc2c(c1)S(=O)(=O)Cc1sccc1C2=O. The second-order valence-corrected chi connectivity index (χ2v) is 7.30. The maximum absolute atomic E-state index is 12.3. The molecular weight excluding hydrogens is 268 g/mol. The molecule has 1 aromatic heterocycles. The number of thiophene rings is 1. The Bertz CT molecular complexity index is 754. The monoisotopic (exact) mass is 278 g/mol. The minimum atomic E-state index is -3.43. The standard InChI is InChI=1S/C13H10O3S2/c1-8-2-3-10-12(6-8)18(15,16)7-11-9(13(10)14)4-5-17-11/h2-6H,7H2,1H3. The number of ketones is 1. The molecule has 2 heterocycles. The van der Waals surface area contributed by atoms with Crippen LogP contribution in [0.1, 0.15) is 26.4 Å². The van der Waals surface area contributed by atoms with E-state index in [2.05, 4.69) is 0 Å². The molecule has 1 aliphatic heterocycles. The van der Waals surface area contributed by atoms with Gasteiger partial charge in [0.1, 0.15) is 0 Å². The summed E-state index contributed by atoms with van der Waals surface area (Å²) in [5, 5.41) is 1.76. The Hall–Kier alpha value is -1.46. The lowest BCUT2D eigenvalue weighted by molar-refractivity contribution is 0.103. The molecule has 0 fully saturated rings. The van der Waals surface area contributed by atoms with E-state index in [1.807, 2.05) is 6.92 Å². The van der Waals surface area contributed by atoms with Gasteiger partial charge in [-0.1, -0.05) is 6.07 Å². The zero-order valence-corrected chi connectivity index (χ0v) is 11.3. The Morgan fingerprint density at radius 3 is 2.72 bits per heavy atom. The second kappa shape index (κ2) is 3.76. The number of fused-ring (bicyclic) bond motifs is 2. The van der Waals surface area contributed by atoms with Gasteiger partial charge in [-0.25, -0.2) is 8.42 Å². The molecule has 18 heavy (non-hydrogen) atoms. The van der Waals surface area contributed by atoms with Gasteiger partial charge in [0.2, 0.25) is 0 Å². The third-order valence-corrected chi connectivity index (χ3v) is 5.81. The fraction of sp³-hybridized carbons (Fsp3) is 0.154. The lowest BCUT2D eigenvalue weighted by Crippen LogP contribution is -2.06. The number of hydrogen-bond donors (Lipinski definition) is 0. The van der Waals surface area contributed by atoms with E-state index in [0.29, 0.717) is 10.4 Å². The lowest BCUT2D eigenvalue weighted by atomic mass is 10.0. The normalized spacial score (nSPS) is 16.8. The molecule has 0 spiro atoms. The van der Waals surface area contributed by atoms with Crippen molar-refractivity contribution in [1.29, 1.82) is 0 Å². The largest absolute Gasteiger partial charge is 0.289 e. The van der Waals surface area contributed by atoms with E-state index in [-0.39, 0.29) is 22.0 Å².